The number of rotatable bonds is 9. The largest absolute Gasteiger partial charge is 0.455 e. The van der Waals surface area contributed by atoms with Crippen LogP contribution >= 0.6 is 0 Å². The second-order valence-electron chi connectivity index (χ2n) is 7.31. The van der Waals surface area contributed by atoms with Crippen molar-refractivity contribution >= 4 is 33.5 Å². The fraction of sp³-hybridized carbons (Fsp3) is 0.550. The lowest BCUT2D eigenvalue weighted by Gasteiger charge is -2.20. The molecule has 9 nitrogen and oxygen atoms in total. The highest BCUT2D eigenvalue weighted by molar-refractivity contribution is 7.89. The van der Waals surface area contributed by atoms with E-state index in [4.69, 9.17) is 4.74 Å². The molecule has 1 aromatic carbocycles. The van der Waals surface area contributed by atoms with Crippen LogP contribution in [0.1, 0.15) is 34.1 Å². The summed E-state index contributed by atoms with van der Waals surface area (Å²) in [6.45, 7) is 7.81. The molecule has 0 aromatic heterocycles. The van der Waals surface area contributed by atoms with E-state index in [1.807, 2.05) is 13.8 Å². The third kappa shape index (κ3) is 5.57. The Hall–Kier alpha value is -2.46. The van der Waals surface area contributed by atoms with Gasteiger partial charge < -0.3 is 15.0 Å². The van der Waals surface area contributed by atoms with Gasteiger partial charge in [0.2, 0.25) is 15.9 Å². The van der Waals surface area contributed by atoms with Crippen molar-refractivity contribution in [2.24, 2.45) is 5.92 Å². The fourth-order valence-electron chi connectivity index (χ4n) is 3.26. The summed E-state index contributed by atoms with van der Waals surface area (Å²) in [6.07, 6.45) is 0.0844. The summed E-state index contributed by atoms with van der Waals surface area (Å²) < 4.78 is 31.3. The highest BCUT2D eigenvalue weighted by atomic mass is 32.2. The van der Waals surface area contributed by atoms with Crippen LogP contribution in [0, 0.1) is 5.92 Å². The number of likely N-dealkylation sites (tertiary alicyclic amines) is 1. The Morgan fingerprint density at radius 3 is 2.30 bits per heavy atom. The average molecular weight is 440 g/mol. The first-order valence-electron chi connectivity index (χ1n) is 9.96. The second-order valence-corrected chi connectivity index (χ2v) is 9.25. The van der Waals surface area contributed by atoms with E-state index >= 15 is 0 Å². The van der Waals surface area contributed by atoms with Gasteiger partial charge >= 0.3 is 5.97 Å². The standard InChI is InChI=1S/C20H29N3O6S/c1-5-22(6-2)30(27,28)17-9-7-16(8-10-17)21-18(24)13-29-20(26)15-11-19(25)23(12-15)14(3)4/h7-10,14-15H,5-6,11-13H2,1-4H3,(H,21,24). The first kappa shape index (κ1) is 23.8. The zero-order valence-electron chi connectivity index (χ0n) is 17.8. The molecule has 0 aliphatic carbocycles. The Kier molecular flexibility index (Phi) is 7.96. The molecule has 1 fully saturated rings. The van der Waals surface area contributed by atoms with Crippen molar-refractivity contribution in [3.8, 4) is 0 Å². The molecule has 1 heterocycles. The van der Waals surface area contributed by atoms with Crippen molar-refractivity contribution in [3.63, 3.8) is 0 Å². The van der Waals surface area contributed by atoms with E-state index in [0.717, 1.165) is 0 Å². The summed E-state index contributed by atoms with van der Waals surface area (Å²) in [5.41, 5.74) is 0.386. The van der Waals surface area contributed by atoms with E-state index in [1.165, 1.54) is 28.6 Å². The number of nitrogens with one attached hydrogen (secondary N) is 1. The van der Waals surface area contributed by atoms with Gasteiger partial charge in [-0.2, -0.15) is 4.31 Å². The van der Waals surface area contributed by atoms with Crippen LogP contribution in [-0.2, 0) is 29.1 Å². The number of hydrogen-bond donors (Lipinski definition) is 1. The van der Waals surface area contributed by atoms with Crippen LogP contribution in [-0.4, -0.2) is 67.7 Å². The first-order chi connectivity index (χ1) is 14.1. The highest BCUT2D eigenvalue weighted by Crippen LogP contribution is 2.21. The maximum atomic E-state index is 12.5. The van der Waals surface area contributed by atoms with Crippen molar-refractivity contribution in [3.05, 3.63) is 24.3 Å². The lowest BCUT2D eigenvalue weighted by Crippen LogP contribution is -2.33. The number of nitrogens with zero attached hydrogens (tertiary/aromatic N) is 2. The van der Waals surface area contributed by atoms with E-state index in [1.54, 1.807) is 18.7 Å². The number of hydrogen-bond acceptors (Lipinski definition) is 6. The minimum Gasteiger partial charge on any atom is -0.455 e. The SMILES string of the molecule is CCN(CC)S(=O)(=O)c1ccc(NC(=O)COC(=O)C2CC(=O)N(C(C)C)C2)cc1. The van der Waals surface area contributed by atoms with Gasteiger partial charge in [-0.25, -0.2) is 8.42 Å². The summed E-state index contributed by atoms with van der Waals surface area (Å²) in [5, 5.41) is 2.56. The number of carbonyl (C=O) groups is 3. The van der Waals surface area contributed by atoms with E-state index in [0.29, 0.717) is 25.3 Å². The van der Waals surface area contributed by atoms with Gasteiger partial charge in [0.15, 0.2) is 6.61 Å². The fourth-order valence-corrected chi connectivity index (χ4v) is 4.72. The predicted molar refractivity (Wildman–Crippen MR) is 111 cm³/mol. The van der Waals surface area contributed by atoms with Crippen LogP contribution in [0.15, 0.2) is 29.2 Å². The minimum absolute atomic E-state index is 0.00659. The van der Waals surface area contributed by atoms with Gasteiger partial charge in [-0.15, -0.1) is 0 Å². The van der Waals surface area contributed by atoms with Crippen molar-refractivity contribution in [1.82, 2.24) is 9.21 Å². The van der Waals surface area contributed by atoms with Crippen LogP contribution in [0.2, 0.25) is 0 Å². The van der Waals surface area contributed by atoms with Gasteiger partial charge in [-0.05, 0) is 38.1 Å². The Balaban J connectivity index is 1.88. The number of sulfonamides is 1. The molecule has 0 radical (unpaired) electrons. The normalized spacial score (nSPS) is 16.9. The number of amides is 2. The quantitative estimate of drug-likeness (QED) is 0.583. The molecule has 1 aliphatic heterocycles. The Morgan fingerprint density at radius 2 is 1.80 bits per heavy atom. The molecule has 30 heavy (non-hydrogen) atoms. The average Bonchev–Trinajstić information content (AvgIpc) is 3.09. The van der Waals surface area contributed by atoms with Gasteiger partial charge in [0.05, 0.1) is 10.8 Å². The van der Waals surface area contributed by atoms with Gasteiger partial charge in [-0.1, -0.05) is 13.8 Å². The predicted octanol–water partition coefficient (Wildman–Crippen LogP) is 1.46. The van der Waals surface area contributed by atoms with Crippen LogP contribution in [0.4, 0.5) is 5.69 Å². The van der Waals surface area contributed by atoms with Crippen molar-refractivity contribution in [2.75, 3.05) is 31.6 Å². The number of carbonyl (C=O) groups excluding carboxylic acids is 3. The molecule has 10 heteroatoms. The van der Waals surface area contributed by atoms with Crippen molar-refractivity contribution in [1.29, 1.82) is 0 Å². The molecule has 2 amide bonds. The molecular weight excluding hydrogens is 410 g/mol. The second kappa shape index (κ2) is 10.0. The molecule has 1 aliphatic rings. The topological polar surface area (TPSA) is 113 Å². The Bertz CT molecular complexity index is 878. The zero-order chi connectivity index (χ0) is 22.5. The first-order valence-corrected chi connectivity index (χ1v) is 11.4. The molecule has 1 aromatic rings. The summed E-state index contributed by atoms with van der Waals surface area (Å²) >= 11 is 0. The van der Waals surface area contributed by atoms with Crippen molar-refractivity contribution < 1.29 is 27.5 Å². The van der Waals surface area contributed by atoms with Gasteiger partial charge in [0.25, 0.3) is 5.91 Å². The van der Waals surface area contributed by atoms with Crippen LogP contribution in [0.25, 0.3) is 0 Å². The van der Waals surface area contributed by atoms with Gasteiger partial charge in [-0.3, -0.25) is 14.4 Å². The third-order valence-electron chi connectivity index (χ3n) is 4.94. The molecule has 1 unspecified atom stereocenters. The van der Waals surface area contributed by atoms with E-state index in [9.17, 15) is 22.8 Å². The minimum atomic E-state index is -3.57. The smallest absolute Gasteiger partial charge is 0.311 e. The van der Waals surface area contributed by atoms with Crippen LogP contribution in [0.5, 0.6) is 0 Å². The molecule has 2 rings (SSSR count). The summed E-state index contributed by atoms with van der Waals surface area (Å²) in [5.74, 6) is -1.80. The molecule has 166 valence electrons. The molecular formula is C20H29N3O6S. The highest BCUT2D eigenvalue weighted by Gasteiger charge is 2.36. The molecule has 0 spiro atoms. The zero-order valence-corrected chi connectivity index (χ0v) is 18.6. The molecule has 0 bridgehead atoms. The molecule has 1 saturated heterocycles. The van der Waals surface area contributed by atoms with Crippen LogP contribution in [0.3, 0.4) is 0 Å². The molecule has 1 N–H and O–H groups in total. The number of benzene rings is 1. The van der Waals surface area contributed by atoms with E-state index < -0.39 is 34.4 Å². The maximum Gasteiger partial charge on any atom is 0.311 e. The van der Waals surface area contributed by atoms with Crippen LogP contribution < -0.4 is 5.32 Å². The number of anilines is 1. The van der Waals surface area contributed by atoms with Crippen molar-refractivity contribution in [2.45, 2.75) is 45.1 Å². The third-order valence-corrected chi connectivity index (χ3v) is 7.01. The number of ether oxygens (including phenoxy) is 1. The monoisotopic (exact) mass is 439 g/mol. The number of esters is 1. The maximum absolute atomic E-state index is 12.5. The van der Waals surface area contributed by atoms with E-state index in [-0.39, 0.29) is 23.3 Å². The lowest BCUT2D eigenvalue weighted by molar-refractivity contribution is -0.151. The summed E-state index contributed by atoms with van der Waals surface area (Å²) in [6, 6.07) is 5.80. The Labute approximate surface area is 177 Å². The summed E-state index contributed by atoms with van der Waals surface area (Å²) in [4.78, 5) is 37.8. The Morgan fingerprint density at radius 1 is 1.20 bits per heavy atom. The van der Waals surface area contributed by atoms with E-state index in [2.05, 4.69) is 5.32 Å². The summed E-state index contributed by atoms with van der Waals surface area (Å²) in [7, 11) is -3.57. The molecule has 1 atom stereocenters. The van der Waals surface area contributed by atoms with Gasteiger partial charge in [0, 0.05) is 37.8 Å². The lowest BCUT2D eigenvalue weighted by atomic mass is 10.1. The van der Waals surface area contributed by atoms with Gasteiger partial charge in [0.1, 0.15) is 0 Å². The molecule has 0 saturated carbocycles.